The Morgan fingerprint density at radius 1 is 0.808 bits per heavy atom. The second-order valence-electron chi connectivity index (χ2n) is 14.0. The third kappa shape index (κ3) is 15.2. The molecule has 7 N–H and O–H groups in total. The highest BCUT2D eigenvalue weighted by Gasteiger charge is 2.33. The molecule has 0 saturated carbocycles. The van der Waals surface area contributed by atoms with Gasteiger partial charge in [0.15, 0.2) is 6.61 Å². The zero-order valence-electron chi connectivity index (χ0n) is 30.7. The minimum atomic E-state index is -1.11. The Morgan fingerprint density at radius 3 is 2.08 bits per heavy atom. The van der Waals surface area contributed by atoms with Crippen LogP contribution in [0.1, 0.15) is 64.6 Å². The second kappa shape index (κ2) is 22.2. The summed E-state index contributed by atoms with van der Waals surface area (Å²) in [6.45, 7) is 7.99. The van der Waals surface area contributed by atoms with E-state index in [4.69, 9.17) is 4.74 Å². The SMILES string of the molecule is CC(C)CNC(=O)C(CCCO)C[C@H](O)[C@H](CC(C)C)NC(=O)[C@H](Cc1cnc[nH]1)NC(=O)C(Cc1ccccc1)NC(=O)COc1ccccc1. The molecular formula is C39H56N6O7. The number of carbonyl (C=O) groups is 4. The van der Waals surface area contributed by atoms with Crippen LogP contribution in [0, 0.1) is 17.8 Å². The number of benzene rings is 2. The number of aromatic nitrogens is 2. The quantitative estimate of drug-likeness (QED) is 0.0777. The van der Waals surface area contributed by atoms with Gasteiger partial charge in [0, 0.05) is 43.8 Å². The van der Waals surface area contributed by atoms with Crippen molar-refractivity contribution in [3.05, 3.63) is 84.4 Å². The van der Waals surface area contributed by atoms with Crippen molar-refractivity contribution in [1.82, 2.24) is 31.2 Å². The Bertz CT molecular complexity index is 1490. The minimum absolute atomic E-state index is 0.0575. The van der Waals surface area contributed by atoms with Gasteiger partial charge in [0.1, 0.15) is 17.8 Å². The van der Waals surface area contributed by atoms with Gasteiger partial charge in [0.25, 0.3) is 5.91 Å². The van der Waals surface area contributed by atoms with Crippen molar-refractivity contribution in [2.45, 2.75) is 90.4 Å². The van der Waals surface area contributed by atoms with Crippen LogP contribution in [0.25, 0.3) is 0 Å². The number of nitrogens with zero attached hydrogens (tertiary/aromatic N) is 1. The molecule has 0 aliphatic carbocycles. The molecule has 13 nitrogen and oxygen atoms in total. The molecule has 0 bridgehead atoms. The summed E-state index contributed by atoms with van der Waals surface area (Å²) in [5.74, 6) is -1.58. The Hall–Kier alpha value is -4.75. The molecule has 1 aromatic heterocycles. The first-order chi connectivity index (χ1) is 24.9. The number of ether oxygens (including phenoxy) is 1. The molecule has 52 heavy (non-hydrogen) atoms. The van der Waals surface area contributed by atoms with Gasteiger partial charge in [0.2, 0.25) is 17.7 Å². The van der Waals surface area contributed by atoms with E-state index >= 15 is 0 Å². The summed E-state index contributed by atoms with van der Waals surface area (Å²) in [7, 11) is 0. The number of para-hydroxylation sites is 1. The van der Waals surface area contributed by atoms with Crippen LogP contribution in [0.3, 0.4) is 0 Å². The fourth-order valence-corrected chi connectivity index (χ4v) is 5.76. The van der Waals surface area contributed by atoms with Crippen LogP contribution in [0.4, 0.5) is 0 Å². The lowest BCUT2D eigenvalue weighted by atomic mass is 9.89. The molecule has 0 aliphatic rings. The van der Waals surface area contributed by atoms with Crippen molar-refractivity contribution < 1.29 is 34.1 Å². The summed E-state index contributed by atoms with van der Waals surface area (Å²) >= 11 is 0. The lowest BCUT2D eigenvalue weighted by Gasteiger charge is -2.30. The van der Waals surface area contributed by atoms with E-state index in [0.717, 1.165) is 5.56 Å². The molecule has 13 heteroatoms. The number of rotatable bonds is 23. The van der Waals surface area contributed by atoms with Crippen molar-refractivity contribution in [3.8, 4) is 5.75 Å². The lowest BCUT2D eigenvalue weighted by molar-refractivity contribution is -0.133. The number of imidazole rings is 1. The molecule has 0 spiro atoms. The third-order valence-electron chi connectivity index (χ3n) is 8.47. The van der Waals surface area contributed by atoms with Crippen LogP contribution in [0.15, 0.2) is 73.2 Å². The number of aromatic amines is 1. The number of H-pyrrole nitrogens is 1. The first kappa shape index (κ1) is 41.7. The lowest BCUT2D eigenvalue weighted by Crippen LogP contribution is -2.57. The van der Waals surface area contributed by atoms with Crippen molar-refractivity contribution in [3.63, 3.8) is 0 Å². The van der Waals surface area contributed by atoms with Gasteiger partial charge in [-0.3, -0.25) is 19.2 Å². The smallest absolute Gasteiger partial charge is 0.258 e. The average Bonchev–Trinajstić information content (AvgIpc) is 3.64. The van der Waals surface area contributed by atoms with Gasteiger partial charge in [-0.15, -0.1) is 0 Å². The fraction of sp³-hybridized carbons (Fsp3) is 0.513. The van der Waals surface area contributed by atoms with E-state index < -0.39 is 47.9 Å². The highest BCUT2D eigenvalue weighted by molar-refractivity contribution is 5.92. The number of nitrogens with one attached hydrogen (secondary N) is 5. The molecule has 0 radical (unpaired) electrons. The van der Waals surface area contributed by atoms with E-state index in [0.29, 0.717) is 37.3 Å². The number of amides is 4. The van der Waals surface area contributed by atoms with Gasteiger partial charge in [-0.05, 0) is 55.2 Å². The van der Waals surface area contributed by atoms with Crippen LogP contribution in [-0.2, 0) is 32.0 Å². The molecule has 5 atom stereocenters. The average molecular weight is 721 g/mol. The van der Waals surface area contributed by atoms with Crippen LogP contribution >= 0.6 is 0 Å². The van der Waals surface area contributed by atoms with Crippen molar-refractivity contribution in [1.29, 1.82) is 0 Å². The van der Waals surface area contributed by atoms with E-state index in [1.54, 1.807) is 30.5 Å². The molecule has 2 aromatic carbocycles. The monoisotopic (exact) mass is 720 g/mol. The maximum atomic E-state index is 14.0. The summed E-state index contributed by atoms with van der Waals surface area (Å²) in [6, 6.07) is 15.2. The number of carbonyl (C=O) groups excluding carboxylic acids is 4. The van der Waals surface area contributed by atoms with Crippen LogP contribution in [-0.4, -0.2) is 87.8 Å². The van der Waals surface area contributed by atoms with E-state index in [1.165, 1.54) is 6.33 Å². The zero-order chi connectivity index (χ0) is 37.9. The Kier molecular flexibility index (Phi) is 17.8. The zero-order valence-corrected chi connectivity index (χ0v) is 30.7. The maximum absolute atomic E-state index is 14.0. The third-order valence-corrected chi connectivity index (χ3v) is 8.47. The number of aliphatic hydroxyl groups excluding tert-OH is 2. The van der Waals surface area contributed by atoms with Gasteiger partial charge in [-0.1, -0.05) is 76.2 Å². The molecule has 3 aromatic rings. The van der Waals surface area contributed by atoms with Crippen LogP contribution in [0.2, 0.25) is 0 Å². The van der Waals surface area contributed by atoms with Crippen molar-refractivity contribution >= 4 is 23.6 Å². The first-order valence-corrected chi connectivity index (χ1v) is 18.1. The summed E-state index contributed by atoms with van der Waals surface area (Å²) < 4.78 is 5.59. The van der Waals surface area contributed by atoms with Gasteiger partial charge in [0.05, 0.1) is 18.5 Å². The van der Waals surface area contributed by atoms with E-state index in [1.807, 2.05) is 64.1 Å². The topological polar surface area (TPSA) is 195 Å². The summed E-state index contributed by atoms with van der Waals surface area (Å²) in [4.78, 5) is 61.1. The van der Waals surface area contributed by atoms with Gasteiger partial charge in [-0.2, -0.15) is 0 Å². The number of hydrogen-bond donors (Lipinski definition) is 7. The molecule has 284 valence electrons. The van der Waals surface area contributed by atoms with Crippen molar-refractivity contribution in [2.24, 2.45) is 17.8 Å². The van der Waals surface area contributed by atoms with E-state index in [2.05, 4.69) is 31.2 Å². The van der Waals surface area contributed by atoms with E-state index in [-0.39, 0.29) is 50.2 Å². The number of hydrogen-bond acceptors (Lipinski definition) is 8. The molecule has 1 heterocycles. The molecule has 0 saturated heterocycles. The highest BCUT2D eigenvalue weighted by atomic mass is 16.5. The standard InChI is InChI=1S/C39H56N6O7/c1-26(2)18-32(35(47)20-29(14-11-17-46)37(49)41-22-27(3)4)44-39(51)34(21-30-23-40-25-42-30)45-38(50)33(19-28-12-7-5-8-13-28)43-36(48)24-52-31-15-9-6-10-16-31/h5-10,12-13,15-16,23,25-27,29,32-35,46-47H,11,14,17-22,24H2,1-4H3,(H,40,42)(H,41,49)(H,43,48)(H,44,51)(H,45,50)/t29?,32-,33?,34-,35-/m0/s1. The van der Waals surface area contributed by atoms with Gasteiger partial charge < -0.3 is 41.2 Å². The van der Waals surface area contributed by atoms with Gasteiger partial charge >= 0.3 is 0 Å². The largest absolute Gasteiger partial charge is 0.484 e. The summed E-state index contributed by atoms with van der Waals surface area (Å²) in [5, 5.41) is 32.4. The fourth-order valence-electron chi connectivity index (χ4n) is 5.76. The van der Waals surface area contributed by atoms with Gasteiger partial charge in [-0.25, -0.2) is 4.98 Å². The second-order valence-corrected chi connectivity index (χ2v) is 14.0. The molecule has 2 unspecified atom stereocenters. The van der Waals surface area contributed by atoms with Crippen LogP contribution in [0.5, 0.6) is 5.75 Å². The highest BCUT2D eigenvalue weighted by Crippen LogP contribution is 2.20. The molecule has 0 aliphatic heterocycles. The molecule has 3 rings (SSSR count). The minimum Gasteiger partial charge on any atom is -0.484 e. The predicted octanol–water partition coefficient (Wildman–Crippen LogP) is 2.69. The molecule has 0 fully saturated rings. The van der Waals surface area contributed by atoms with E-state index in [9.17, 15) is 29.4 Å². The predicted molar refractivity (Wildman–Crippen MR) is 198 cm³/mol. The first-order valence-electron chi connectivity index (χ1n) is 18.1. The van der Waals surface area contributed by atoms with Crippen LogP contribution < -0.4 is 26.0 Å². The normalized spacial score (nSPS) is 14.2. The maximum Gasteiger partial charge on any atom is 0.258 e. The van der Waals surface area contributed by atoms with Crippen molar-refractivity contribution in [2.75, 3.05) is 19.8 Å². The molecular weight excluding hydrogens is 664 g/mol. The summed E-state index contributed by atoms with van der Waals surface area (Å²) in [6.07, 6.45) is 3.42. The Balaban J connectivity index is 1.80. The summed E-state index contributed by atoms with van der Waals surface area (Å²) in [5.41, 5.74) is 1.39. The Labute approximate surface area is 306 Å². The molecule has 4 amide bonds. The Morgan fingerprint density at radius 2 is 1.46 bits per heavy atom. The number of aliphatic hydroxyl groups is 2.